The fourth-order valence-corrected chi connectivity index (χ4v) is 5.20. The maximum Gasteiger partial charge on any atom is 0.319 e. The number of likely N-dealkylation sites (N-methyl/N-ethyl adjacent to an activating group) is 1. The summed E-state index contributed by atoms with van der Waals surface area (Å²) >= 11 is 0. The SMILES string of the molecule is CCC(NC(=O)Nc1ccc(C(C)(C)C)cc1)[C@@H](C)CN(C)C[C@H]1O[C@@H](n2cnc3c(N)ncnc32)[C@H](O)[C@H]1O. The number of aliphatic hydroxyl groups excluding tert-OH is 2. The summed E-state index contributed by atoms with van der Waals surface area (Å²) in [6, 6.07) is 7.59. The molecule has 0 saturated carbocycles. The fourth-order valence-electron chi connectivity index (χ4n) is 5.20. The minimum Gasteiger partial charge on any atom is -0.387 e. The predicted octanol–water partition coefficient (Wildman–Crippen LogP) is 2.49. The molecule has 2 amide bonds. The summed E-state index contributed by atoms with van der Waals surface area (Å²) in [6.07, 6.45) is -0.219. The molecule has 3 heterocycles. The number of anilines is 2. The van der Waals surface area contributed by atoms with E-state index in [1.54, 1.807) is 4.57 Å². The van der Waals surface area contributed by atoms with Crippen LogP contribution in [0.5, 0.6) is 0 Å². The molecule has 6 atom stereocenters. The Labute approximate surface area is 235 Å². The number of nitrogen functional groups attached to an aromatic ring is 1. The maximum atomic E-state index is 12.7. The van der Waals surface area contributed by atoms with Crippen LogP contribution in [0.4, 0.5) is 16.3 Å². The Morgan fingerprint density at radius 2 is 1.88 bits per heavy atom. The van der Waals surface area contributed by atoms with E-state index in [-0.39, 0.29) is 29.2 Å². The predicted molar refractivity (Wildman–Crippen MR) is 154 cm³/mol. The molecular formula is C28H42N8O4. The number of benzene rings is 1. The quantitative estimate of drug-likeness (QED) is 0.267. The molecular weight excluding hydrogens is 512 g/mol. The molecule has 0 aliphatic carbocycles. The average molecular weight is 555 g/mol. The normalized spacial score (nSPS) is 22.9. The van der Waals surface area contributed by atoms with Crippen molar-refractivity contribution < 1.29 is 19.7 Å². The second-order valence-electron chi connectivity index (χ2n) is 11.8. The number of aliphatic hydroxyl groups is 2. The number of nitrogens with two attached hydrogens (primary N) is 1. The van der Waals surface area contributed by atoms with Gasteiger partial charge >= 0.3 is 6.03 Å². The summed E-state index contributed by atoms with van der Waals surface area (Å²) in [4.78, 5) is 27.1. The van der Waals surface area contributed by atoms with Crippen molar-refractivity contribution in [2.24, 2.45) is 5.92 Å². The summed E-state index contributed by atoms with van der Waals surface area (Å²) in [5, 5.41) is 27.5. The molecule has 1 aromatic carbocycles. The van der Waals surface area contributed by atoms with Crippen molar-refractivity contribution in [3.63, 3.8) is 0 Å². The number of nitrogens with zero attached hydrogens (tertiary/aromatic N) is 5. The summed E-state index contributed by atoms with van der Waals surface area (Å²) in [5.74, 6) is 0.341. The molecule has 12 heteroatoms. The van der Waals surface area contributed by atoms with E-state index < -0.39 is 24.5 Å². The van der Waals surface area contributed by atoms with Crippen LogP contribution in [0.1, 0.15) is 52.8 Å². The monoisotopic (exact) mass is 554 g/mol. The number of carbonyl (C=O) groups excluding carboxylic acids is 1. The van der Waals surface area contributed by atoms with Gasteiger partial charge in [0.25, 0.3) is 0 Å². The molecule has 1 saturated heterocycles. The third-order valence-corrected chi connectivity index (χ3v) is 7.54. The number of rotatable bonds is 9. The van der Waals surface area contributed by atoms with Crippen molar-refractivity contribution in [3.8, 4) is 0 Å². The molecule has 12 nitrogen and oxygen atoms in total. The third-order valence-electron chi connectivity index (χ3n) is 7.54. The number of aromatic nitrogens is 4. The van der Waals surface area contributed by atoms with Crippen molar-refractivity contribution in [1.29, 1.82) is 0 Å². The van der Waals surface area contributed by atoms with Crippen LogP contribution >= 0.6 is 0 Å². The number of urea groups is 1. The number of nitrogens with one attached hydrogen (secondary N) is 2. The van der Waals surface area contributed by atoms with Gasteiger partial charge in [-0.15, -0.1) is 0 Å². The lowest BCUT2D eigenvalue weighted by Crippen LogP contribution is -2.46. The maximum absolute atomic E-state index is 12.7. The van der Waals surface area contributed by atoms with Gasteiger partial charge in [0.15, 0.2) is 17.7 Å². The van der Waals surface area contributed by atoms with Gasteiger partial charge < -0.3 is 36.2 Å². The van der Waals surface area contributed by atoms with Crippen LogP contribution in [0.2, 0.25) is 0 Å². The molecule has 1 aliphatic heterocycles. The number of hydrogen-bond donors (Lipinski definition) is 5. The van der Waals surface area contributed by atoms with E-state index in [0.29, 0.717) is 24.3 Å². The molecule has 1 fully saturated rings. The molecule has 6 N–H and O–H groups in total. The minimum atomic E-state index is -1.17. The van der Waals surface area contributed by atoms with Gasteiger partial charge in [0, 0.05) is 24.8 Å². The van der Waals surface area contributed by atoms with Gasteiger partial charge in [-0.1, -0.05) is 46.8 Å². The van der Waals surface area contributed by atoms with E-state index in [1.165, 1.54) is 18.2 Å². The van der Waals surface area contributed by atoms with Crippen LogP contribution in [-0.4, -0.2) is 85.2 Å². The van der Waals surface area contributed by atoms with Crippen LogP contribution < -0.4 is 16.4 Å². The summed E-state index contributed by atoms with van der Waals surface area (Å²) in [7, 11) is 1.93. The first kappa shape index (κ1) is 29.7. The number of amides is 2. The Balaban J connectivity index is 1.31. The Bertz CT molecular complexity index is 1290. The van der Waals surface area contributed by atoms with Crippen LogP contribution in [0, 0.1) is 5.92 Å². The Morgan fingerprint density at radius 1 is 1.18 bits per heavy atom. The molecule has 0 spiro atoms. The number of ether oxygens (including phenoxy) is 1. The molecule has 3 aromatic rings. The van der Waals surface area contributed by atoms with Gasteiger partial charge in [0.05, 0.1) is 6.33 Å². The zero-order chi connectivity index (χ0) is 29.2. The van der Waals surface area contributed by atoms with Gasteiger partial charge in [-0.05, 0) is 42.5 Å². The number of carbonyl (C=O) groups is 1. The topological polar surface area (TPSA) is 164 Å². The van der Waals surface area contributed by atoms with Crippen molar-refractivity contribution in [1.82, 2.24) is 29.7 Å². The second kappa shape index (κ2) is 12.0. The van der Waals surface area contributed by atoms with E-state index in [9.17, 15) is 15.0 Å². The third kappa shape index (κ3) is 6.52. The van der Waals surface area contributed by atoms with E-state index in [4.69, 9.17) is 10.5 Å². The zero-order valence-corrected chi connectivity index (χ0v) is 24.1. The van der Waals surface area contributed by atoms with E-state index in [1.807, 2.05) is 43.1 Å². The molecule has 0 radical (unpaired) electrons. The van der Waals surface area contributed by atoms with Gasteiger partial charge in [-0.3, -0.25) is 4.57 Å². The molecule has 0 bridgehead atoms. The van der Waals surface area contributed by atoms with E-state index in [0.717, 1.165) is 12.1 Å². The second-order valence-corrected chi connectivity index (χ2v) is 11.8. The van der Waals surface area contributed by atoms with Crippen LogP contribution in [-0.2, 0) is 10.2 Å². The van der Waals surface area contributed by atoms with Crippen LogP contribution in [0.3, 0.4) is 0 Å². The lowest BCUT2D eigenvalue weighted by molar-refractivity contribution is -0.0431. The van der Waals surface area contributed by atoms with Crippen molar-refractivity contribution in [2.45, 2.75) is 77.0 Å². The molecule has 218 valence electrons. The highest BCUT2D eigenvalue weighted by Gasteiger charge is 2.44. The van der Waals surface area contributed by atoms with Gasteiger partial charge in [0.2, 0.25) is 0 Å². The lowest BCUT2D eigenvalue weighted by Gasteiger charge is -2.30. The standard InChI is InChI=1S/C28H42N8O4/c1-7-19(34-27(39)33-18-10-8-17(9-11-18)28(3,4)5)16(2)12-35(6)13-20-22(37)23(38)26(40-20)36-15-32-21-24(29)30-14-31-25(21)36/h8-11,14-16,19-20,22-23,26,37-38H,7,12-13H2,1-6H3,(H2,29,30,31)(H2,33,34,39)/t16-,19?,20+,22-,23+,26+/m0/s1. The van der Waals surface area contributed by atoms with Crippen molar-refractivity contribution >= 4 is 28.7 Å². The van der Waals surface area contributed by atoms with Gasteiger partial charge in [-0.2, -0.15) is 0 Å². The zero-order valence-electron chi connectivity index (χ0n) is 24.1. The summed E-state index contributed by atoms with van der Waals surface area (Å²) < 4.78 is 7.64. The fraction of sp³-hybridized carbons (Fsp3) is 0.571. The largest absolute Gasteiger partial charge is 0.387 e. The highest BCUT2D eigenvalue weighted by molar-refractivity contribution is 5.89. The summed E-state index contributed by atoms with van der Waals surface area (Å²) in [6.45, 7) is 11.6. The molecule has 4 rings (SSSR count). The number of hydrogen-bond acceptors (Lipinski definition) is 9. The minimum absolute atomic E-state index is 0.0471. The molecule has 2 aromatic heterocycles. The van der Waals surface area contributed by atoms with Crippen molar-refractivity contribution in [2.75, 3.05) is 31.2 Å². The Morgan fingerprint density at radius 3 is 2.52 bits per heavy atom. The highest BCUT2D eigenvalue weighted by Crippen LogP contribution is 2.32. The van der Waals surface area contributed by atoms with Crippen LogP contribution in [0.15, 0.2) is 36.9 Å². The molecule has 40 heavy (non-hydrogen) atoms. The van der Waals surface area contributed by atoms with Crippen LogP contribution in [0.25, 0.3) is 11.2 Å². The number of imidazole rings is 1. The van der Waals surface area contributed by atoms with Gasteiger partial charge in [0.1, 0.15) is 30.2 Å². The number of fused-ring (bicyclic) bond motifs is 1. The average Bonchev–Trinajstić information content (AvgIpc) is 3.44. The lowest BCUT2D eigenvalue weighted by atomic mass is 9.87. The highest BCUT2D eigenvalue weighted by atomic mass is 16.6. The van der Waals surface area contributed by atoms with E-state index >= 15 is 0 Å². The van der Waals surface area contributed by atoms with Gasteiger partial charge in [-0.25, -0.2) is 19.7 Å². The first-order valence-corrected chi connectivity index (χ1v) is 13.7. The summed E-state index contributed by atoms with van der Waals surface area (Å²) in [5.41, 5.74) is 8.70. The molecule has 1 aliphatic rings. The molecule has 1 unspecified atom stereocenters. The Kier molecular flexibility index (Phi) is 8.93. The van der Waals surface area contributed by atoms with Crippen molar-refractivity contribution in [3.05, 3.63) is 42.5 Å². The Hall–Kier alpha value is -3.32. The first-order chi connectivity index (χ1) is 18.9. The van der Waals surface area contributed by atoms with E-state index in [2.05, 4.69) is 53.3 Å². The smallest absolute Gasteiger partial charge is 0.319 e. The first-order valence-electron chi connectivity index (χ1n) is 13.7.